The first-order valence-corrected chi connectivity index (χ1v) is 42.5. The lowest BCUT2D eigenvalue weighted by Crippen LogP contribution is -2.24. The number of aryl methyl sites for hydroxylation is 5. The van der Waals surface area contributed by atoms with E-state index in [0.717, 1.165) is 68.1 Å². The van der Waals surface area contributed by atoms with Crippen molar-refractivity contribution in [3.8, 4) is 56.9 Å². The van der Waals surface area contributed by atoms with E-state index in [1.54, 1.807) is 24.3 Å². The molecular weight excluding hydrogens is 1720 g/mol. The average molecular weight is 1810 g/mol. The summed E-state index contributed by atoms with van der Waals surface area (Å²) in [5.74, 6) is 4.20. The topological polar surface area (TPSA) is 375 Å². The number of nitrogens with zero attached hydrogens (tertiary/aromatic N) is 15. The number of fused-ring (bicyclic) bond motifs is 5. The zero-order valence-electron chi connectivity index (χ0n) is 71.0. The van der Waals surface area contributed by atoms with E-state index in [1.165, 1.54) is 81.7 Å². The molecule has 19 rings (SSSR count). The third-order valence-corrected chi connectivity index (χ3v) is 21.6. The van der Waals surface area contributed by atoms with Gasteiger partial charge >= 0.3 is 0 Å². The number of para-hydroxylation sites is 1. The molecule has 0 aliphatic rings. The summed E-state index contributed by atoms with van der Waals surface area (Å²) >= 11 is 24.1. The fourth-order valence-electron chi connectivity index (χ4n) is 13.5. The highest BCUT2D eigenvalue weighted by Gasteiger charge is 2.18. The summed E-state index contributed by atoms with van der Waals surface area (Å²) < 4.78 is 19.8. The number of hydrogen-bond acceptors (Lipinski definition) is 20. The summed E-state index contributed by atoms with van der Waals surface area (Å²) in [6, 6.07) is 71.2. The van der Waals surface area contributed by atoms with Gasteiger partial charge in [-0.1, -0.05) is 170 Å². The number of aromatic amines is 5. The SMILES string of the molecule is CC(C)NCc1cc(=O)n2[nH]c(-c3ccccc3)nc2n1.CCc1ccccc1NCc1cc(=O)n2[nH]c(-c3ccc(Cl)cc3)nc2n1.Cc1c(Cl)cccc1NCc1cc(=O)n2[nH]c(-c3ccc(F)cc3)nc2n1.Cc1ccc(-c2nc3nc(CNc4cccc(Cl)c4)cc(=O)n3[nH]2)cc1C.Cc1cccc(-c2nc3nc(CNc4cc(Cl)ccc4C)cc(=O)n3[nH]2)c1. The van der Waals surface area contributed by atoms with Gasteiger partial charge in [0.15, 0.2) is 29.1 Å². The third-order valence-electron chi connectivity index (χ3n) is 20.5. The second-order valence-corrected chi connectivity index (χ2v) is 32.1. The minimum Gasteiger partial charge on any atom is -0.379 e. The van der Waals surface area contributed by atoms with Gasteiger partial charge in [0.05, 0.1) is 54.6 Å². The number of halogens is 5. The molecule has 129 heavy (non-hydrogen) atoms. The van der Waals surface area contributed by atoms with Crippen LogP contribution in [0.2, 0.25) is 20.1 Å². The highest BCUT2D eigenvalue weighted by molar-refractivity contribution is 6.32. The van der Waals surface area contributed by atoms with Gasteiger partial charge in [-0.15, -0.1) is 0 Å². The molecule has 10 heterocycles. The summed E-state index contributed by atoms with van der Waals surface area (Å²) in [5, 5.41) is 33.8. The summed E-state index contributed by atoms with van der Waals surface area (Å²) in [7, 11) is 0. The first kappa shape index (κ1) is 88.8. The molecule has 0 saturated heterocycles. The van der Waals surface area contributed by atoms with Gasteiger partial charge in [0.25, 0.3) is 56.7 Å². The Bertz CT molecular complexity index is 7590. The van der Waals surface area contributed by atoms with Crippen LogP contribution in [0, 0.1) is 40.4 Å². The maximum Gasteiger partial charge on any atom is 0.274 e. The molecule has 0 aliphatic heterocycles. The Balaban J connectivity index is 0.000000124. The quantitative estimate of drug-likeness (QED) is 0.0319. The number of H-pyrrole nitrogens is 5. The van der Waals surface area contributed by atoms with Crippen LogP contribution in [0.5, 0.6) is 0 Å². The highest BCUT2D eigenvalue weighted by atomic mass is 35.5. The fourth-order valence-corrected chi connectivity index (χ4v) is 14.1. The third kappa shape index (κ3) is 22.1. The van der Waals surface area contributed by atoms with Crippen molar-refractivity contribution in [3.63, 3.8) is 0 Å². The lowest BCUT2D eigenvalue weighted by molar-refractivity contribution is 0.580. The molecule has 0 unspecified atom stereocenters. The van der Waals surface area contributed by atoms with Gasteiger partial charge in [-0.05, 0) is 178 Å². The smallest absolute Gasteiger partial charge is 0.274 e. The molecule has 0 saturated carbocycles. The average Bonchev–Trinajstić information content (AvgIpc) is 1.66. The molecular formula is C94H86Cl4FN25O5. The molecule has 10 N–H and O–H groups in total. The van der Waals surface area contributed by atoms with Crippen molar-refractivity contribution in [1.29, 1.82) is 0 Å². The van der Waals surface area contributed by atoms with Gasteiger partial charge in [0.2, 0.25) is 0 Å². The van der Waals surface area contributed by atoms with Crippen LogP contribution in [0.1, 0.15) is 82.6 Å². The van der Waals surface area contributed by atoms with Gasteiger partial charge in [-0.3, -0.25) is 49.5 Å². The van der Waals surface area contributed by atoms with E-state index in [-0.39, 0.29) is 39.4 Å². The Morgan fingerprint density at radius 1 is 0.333 bits per heavy atom. The monoisotopic (exact) mass is 1800 g/mol. The Morgan fingerprint density at radius 3 is 1.21 bits per heavy atom. The minimum absolute atomic E-state index is 0.157. The van der Waals surface area contributed by atoms with E-state index in [2.05, 4.69) is 122 Å². The van der Waals surface area contributed by atoms with Gasteiger partial charge in [0, 0.05) is 114 Å². The number of anilines is 4. The second-order valence-electron chi connectivity index (χ2n) is 30.4. The Morgan fingerprint density at radius 2 is 0.721 bits per heavy atom. The zero-order valence-corrected chi connectivity index (χ0v) is 74.0. The maximum absolute atomic E-state index is 13.1. The fraction of sp³-hybridized carbons (Fsp3) is 0.160. The van der Waals surface area contributed by atoms with Crippen molar-refractivity contribution in [3.05, 3.63) is 376 Å². The van der Waals surface area contributed by atoms with E-state index in [0.29, 0.717) is 145 Å². The van der Waals surface area contributed by atoms with Crippen molar-refractivity contribution in [2.45, 2.75) is 101 Å². The predicted octanol–water partition coefficient (Wildman–Crippen LogP) is 17.2. The molecule has 652 valence electrons. The zero-order chi connectivity index (χ0) is 90.5. The number of aromatic nitrogens is 20. The van der Waals surface area contributed by atoms with Crippen LogP contribution < -0.4 is 54.4 Å². The van der Waals surface area contributed by atoms with Crippen LogP contribution in [0.4, 0.5) is 27.1 Å². The molecule has 30 nitrogen and oxygen atoms in total. The number of hydrogen-bond donors (Lipinski definition) is 10. The maximum atomic E-state index is 13.1. The first-order valence-electron chi connectivity index (χ1n) is 41.0. The van der Waals surface area contributed by atoms with E-state index in [9.17, 15) is 28.4 Å². The van der Waals surface area contributed by atoms with Crippen LogP contribution in [-0.2, 0) is 39.1 Å². The summed E-state index contributed by atoms with van der Waals surface area (Å²) in [6.45, 7) is 18.4. The van der Waals surface area contributed by atoms with E-state index < -0.39 is 0 Å². The normalized spacial score (nSPS) is 11.1. The van der Waals surface area contributed by atoms with Crippen molar-refractivity contribution < 1.29 is 4.39 Å². The standard InChI is InChI=1S/3C20H18ClN5O.C19H15ClFN5O.C15H17N5O/c1-12-6-7-14(8-13(12)2)19-24-20-23-17(10-18(27)26(20)25-19)11-22-16-5-3-4-15(21)9-16;1-12-4-3-5-14(8-12)19-24-20-23-16(10-18(27)26(20)25-19)11-22-17-9-15(21)7-6-13(17)2;1-2-13-5-3-4-6-17(13)22-12-16-11-18(27)26-20(23-16)24-19(25-26)14-7-9-15(21)10-8-14;1-11-15(20)3-2-4-16(11)22-10-14-9-17(27)26-19(23-14)24-18(25-26)12-5-7-13(21)8-6-12;1-10(2)16-9-12-8-13(21)20-15(17-12)18-14(19-20)11-6-4-3-5-7-11/h2*3-10,22H,11H2,1-2H3,(H,23,24,25);3-11,22H,2,12H2,1H3,(H,23,24,25);2-9,22H,10H2,1H3,(H,23,24,25);3-8,10,16H,9H2,1-2H3,(H,17,18,19). The summed E-state index contributed by atoms with van der Waals surface area (Å²) in [4.78, 5) is 106. The number of rotatable bonds is 21. The molecule has 19 aromatic rings. The molecule has 0 amide bonds. The predicted molar refractivity (Wildman–Crippen MR) is 505 cm³/mol. The van der Waals surface area contributed by atoms with Crippen molar-refractivity contribution in [2.75, 3.05) is 21.3 Å². The largest absolute Gasteiger partial charge is 0.379 e. The van der Waals surface area contributed by atoms with Crippen molar-refractivity contribution in [2.24, 2.45) is 0 Å². The van der Waals surface area contributed by atoms with Gasteiger partial charge in [0.1, 0.15) is 5.82 Å². The van der Waals surface area contributed by atoms with E-state index in [1.807, 2.05) is 205 Å². The molecule has 35 heteroatoms. The van der Waals surface area contributed by atoms with Crippen LogP contribution in [0.15, 0.2) is 261 Å². The van der Waals surface area contributed by atoms with Crippen LogP contribution in [-0.4, -0.2) is 104 Å². The van der Waals surface area contributed by atoms with Crippen LogP contribution >= 0.6 is 46.4 Å². The highest BCUT2D eigenvalue weighted by Crippen LogP contribution is 2.28. The molecule has 0 bridgehead atoms. The second kappa shape index (κ2) is 40.1. The minimum atomic E-state index is -0.338. The molecule has 0 fully saturated rings. The van der Waals surface area contributed by atoms with Crippen LogP contribution in [0.3, 0.4) is 0 Å². The number of benzene rings is 9. The lowest BCUT2D eigenvalue weighted by atomic mass is 10.1. The Hall–Kier alpha value is -15.0. The van der Waals surface area contributed by atoms with Crippen molar-refractivity contribution >= 4 is 98.0 Å². The summed E-state index contributed by atoms with van der Waals surface area (Å²) in [6.07, 6.45) is 0.933. The molecule has 0 atom stereocenters. The van der Waals surface area contributed by atoms with E-state index in [4.69, 9.17) is 46.4 Å². The summed E-state index contributed by atoms with van der Waals surface area (Å²) in [5.41, 5.74) is 16.7. The molecule has 0 radical (unpaired) electrons. The number of nitrogens with one attached hydrogen (secondary N) is 10. The molecule has 0 aliphatic carbocycles. The Labute approximate surface area is 755 Å². The van der Waals surface area contributed by atoms with E-state index >= 15 is 0 Å². The van der Waals surface area contributed by atoms with Gasteiger partial charge in [-0.2, -0.15) is 47.5 Å². The molecule has 9 aromatic carbocycles. The van der Waals surface area contributed by atoms with Gasteiger partial charge in [-0.25, -0.2) is 29.3 Å². The Kier molecular flexibility index (Phi) is 27.6. The van der Waals surface area contributed by atoms with Crippen LogP contribution in [0.25, 0.3) is 85.8 Å². The first-order chi connectivity index (χ1) is 62.3. The molecule has 0 spiro atoms. The molecule has 10 aromatic heterocycles. The van der Waals surface area contributed by atoms with Crippen molar-refractivity contribution in [1.82, 2.24) is 103 Å². The van der Waals surface area contributed by atoms with Gasteiger partial charge < -0.3 is 26.6 Å². The lowest BCUT2D eigenvalue weighted by Gasteiger charge is -2.10.